The van der Waals surface area contributed by atoms with E-state index in [-0.39, 0.29) is 13.0 Å². The molecule has 0 saturated heterocycles. The maximum Gasteiger partial charge on any atom is 0.414 e. The zero-order valence-corrected chi connectivity index (χ0v) is 12.6. The van der Waals surface area contributed by atoms with E-state index < -0.39 is 18.1 Å². The van der Waals surface area contributed by atoms with Crippen LogP contribution in [0, 0.1) is 0 Å². The van der Waals surface area contributed by atoms with Crippen LogP contribution in [-0.4, -0.2) is 23.2 Å². The molecule has 0 aromatic heterocycles. The summed E-state index contributed by atoms with van der Waals surface area (Å²) in [6.45, 7) is 0.0695. The number of aliphatic hydroxyl groups excluding tert-OH is 1. The Hall–Kier alpha value is -2.66. The van der Waals surface area contributed by atoms with Crippen molar-refractivity contribution in [2.24, 2.45) is 0 Å². The van der Waals surface area contributed by atoms with Gasteiger partial charge in [-0.3, -0.25) is 10.1 Å². The lowest BCUT2D eigenvalue weighted by molar-refractivity contribution is -0.128. The van der Waals surface area contributed by atoms with Crippen LogP contribution in [-0.2, 0) is 22.6 Å². The van der Waals surface area contributed by atoms with E-state index in [0.717, 1.165) is 11.1 Å². The van der Waals surface area contributed by atoms with Crippen molar-refractivity contribution < 1.29 is 19.4 Å². The number of alkyl carbamates (subject to hydrolysis) is 1. The number of aliphatic hydroxyl groups is 1. The molecule has 5 nitrogen and oxygen atoms in total. The fourth-order valence-electron chi connectivity index (χ4n) is 2.02. The molecule has 0 aliphatic carbocycles. The molecule has 0 saturated carbocycles. The predicted octanol–water partition coefficient (Wildman–Crippen LogP) is 2.43. The predicted molar refractivity (Wildman–Crippen MR) is 85.5 cm³/mol. The number of aryl methyl sites for hydroxylation is 1. The number of hydrogen-bond donors (Lipinski definition) is 2. The summed E-state index contributed by atoms with van der Waals surface area (Å²) in [5.74, 6) is -0.751. The lowest BCUT2D eigenvalue weighted by Gasteiger charge is -2.11. The van der Waals surface area contributed by atoms with E-state index in [9.17, 15) is 14.7 Å². The van der Waals surface area contributed by atoms with Gasteiger partial charge >= 0.3 is 6.09 Å². The van der Waals surface area contributed by atoms with Crippen molar-refractivity contribution >= 4 is 12.0 Å². The molecule has 2 aromatic carbocycles. The largest absolute Gasteiger partial charge is 0.444 e. The molecule has 120 valence electrons. The maximum atomic E-state index is 11.7. The number of carbonyl (C=O) groups excluding carboxylic acids is 2. The van der Waals surface area contributed by atoms with Crippen LogP contribution in [0.3, 0.4) is 0 Å². The van der Waals surface area contributed by atoms with Gasteiger partial charge in [0.2, 0.25) is 0 Å². The van der Waals surface area contributed by atoms with Crippen LogP contribution in [0.4, 0.5) is 4.79 Å². The Morgan fingerprint density at radius 2 is 1.52 bits per heavy atom. The third-order valence-electron chi connectivity index (χ3n) is 3.29. The number of hydrogen-bond acceptors (Lipinski definition) is 4. The first-order valence-electron chi connectivity index (χ1n) is 7.38. The highest BCUT2D eigenvalue weighted by atomic mass is 16.5. The van der Waals surface area contributed by atoms with Crippen LogP contribution in [0.2, 0.25) is 0 Å². The van der Waals surface area contributed by atoms with Gasteiger partial charge in [-0.15, -0.1) is 0 Å². The van der Waals surface area contributed by atoms with Crippen molar-refractivity contribution in [1.29, 1.82) is 0 Å². The molecule has 1 atom stereocenters. The molecule has 23 heavy (non-hydrogen) atoms. The highest BCUT2D eigenvalue weighted by molar-refractivity contribution is 5.94. The third kappa shape index (κ3) is 5.92. The summed E-state index contributed by atoms with van der Waals surface area (Å²) in [4.78, 5) is 23.3. The average Bonchev–Trinajstić information content (AvgIpc) is 2.59. The van der Waals surface area contributed by atoms with Crippen LogP contribution in [0.1, 0.15) is 17.5 Å². The van der Waals surface area contributed by atoms with Crippen molar-refractivity contribution in [2.75, 3.05) is 0 Å². The van der Waals surface area contributed by atoms with Gasteiger partial charge in [0.25, 0.3) is 5.91 Å². The maximum absolute atomic E-state index is 11.7. The lowest BCUT2D eigenvalue weighted by Crippen LogP contribution is -2.39. The molecule has 0 radical (unpaired) electrons. The molecule has 2 amide bonds. The van der Waals surface area contributed by atoms with Crippen LogP contribution >= 0.6 is 0 Å². The number of imide groups is 1. The molecular formula is C18H19NO4. The summed E-state index contributed by atoms with van der Waals surface area (Å²) in [6, 6.07) is 18.6. The van der Waals surface area contributed by atoms with E-state index in [0.29, 0.717) is 6.42 Å². The number of carbonyl (C=O) groups is 2. The van der Waals surface area contributed by atoms with Crippen LogP contribution in [0.5, 0.6) is 0 Å². The summed E-state index contributed by atoms with van der Waals surface area (Å²) in [6.07, 6.45) is -1.33. The Bertz CT molecular complexity index is 628. The van der Waals surface area contributed by atoms with Crippen molar-refractivity contribution in [3.8, 4) is 0 Å². The topological polar surface area (TPSA) is 75.6 Å². The van der Waals surface area contributed by atoms with E-state index in [2.05, 4.69) is 0 Å². The number of ether oxygens (including phenoxy) is 1. The molecule has 0 bridgehead atoms. The van der Waals surface area contributed by atoms with Crippen molar-refractivity contribution in [3.05, 3.63) is 71.8 Å². The van der Waals surface area contributed by atoms with E-state index in [1.807, 2.05) is 66.0 Å². The Morgan fingerprint density at radius 3 is 2.13 bits per heavy atom. The van der Waals surface area contributed by atoms with Crippen LogP contribution in [0.15, 0.2) is 60.7 Å². The Kier molecular flexibility index (Phi) is 6.32. The van der Waals surface area contributed by atoms with Gasteiger partial charge < -0.3 is 9.84 Å². The molecule has 0 fully saturated rings. The molecule has 1 unspecified atom stereocenters. The summed E-state index contributed by atoms with van der Waals surface area (Å²) < 4.78 is 4.93. The third-order valence-corrected chi connectivity index (χ3v) is 3.29. The van der Waals surface area contributed by atoms with Crippen molar-refractivity contribution in [3.63, 3.8) is 0 Å². The number of amides is 2. The second-order valence-corrected chi connectivity index (χ2v) is 5.09. The second kappa shape index (κ2) is 8.70. The van der Waals surface area contributed by atoms with Gasteiger partial charge in [0.15, 0.2) is 0 Å². The first kappa shape index (κ1) is 16.7. The zero-order valence-electron chi connectivity index (χ0n) is 12.6. The first-order valence-corrected chi connectivity index (χ1v) is 7.38. The zero-order chi connectivity index (χ0) is 16.5. The quantitative estimate of drug-likeness (QED) is 0.859. The molecular weight excluding hydrogens is 294 g/mol. The van der Waals surface area contributed by atoms with Crippen LogP contribution in [0.25, 0.3) is 0 Å². The van der Waals surface area contributed by atoms with Gasteiger partial charge in [-0.2, -0.15) is 0 Å². The number of rotatable bonds is 6. The van der Waals surface area contributed by atoms with Crippen molar-refractivity contribution in [2.45, 2.75) is 25.6 Å². The Labute approximate surface area is 134 Å². The van der Waals surface area contributed by atoms with Crippen molar-refractivity contribution in [1.82, 2.24) is 5.32 Å². The minimum Gasteiger partial charge on any atom is -0.444 e. The second-order valence-electron chi connectivity index (χ2n) is 5.09. The molecule has 5 heteroatoms. The smallest absolute Gasteiger partial charge is 0.414 e. The molecule has 2 N–H and O–H groups in total. The first-order chi connectivity index (χ1) is 11.1. The SMILES string of the molecule is O=C(NC(=O)C(O)CCc1ccccc1)OCc1ccccc1. The Morgan fingerprint density at radius 1 is 0.957 bits per heavy atom. The highest BCUT2D eigenvalue weighted by Crippen LogP contribution is 2.05. The molecule has 2 rings (SSSR count). The standard InChI is InChI=1S/C18H19NO4/c20-16(12-11-14-7-3-1-4-8-14)17(21)19-18(22)23-13-15-9-5-2-6-10-15/h1-10,16,20H,11-13H2,(H,19,21,22). The molecule has 0 heterocycles. The van der Waals surface area contributed by atoms with Gasteiger partial charge in [0.1, 0.15) is 12.7 Å². The minimum atomic E-state index is -1.25. The summed E-state index contributed by atoms with van der Waals surface area (Å²) in [7, 11) is 0. The van der Waals surface area contributed by atoms with E-state index >= 15 is 0 Å². The molecule has 2 aromatic rings. The summed E-state index contributed by atoms with van der Waals surface area (Å²) in [5, 5.41) is 11.8. The fraction of sp³-hybridized carbons (Fsp3) is 0.222. The normalized spacial score (nSPS) is 11.5. The highest BCUT2D eigenvalue weighted by Gasteiger charge is 2.18. The monoisotopic (exact) mass is 313 g/mol. The summed E-state index contributed by atoms with van der Waals surface area (Å²) in [5.41, 5.74) is 1.84. The Balaban J connectivity index is 1.71. The molecule has 0 spiro atoms. The summed E-state index contributed by atoms with van der Waals surface area (Å²) >= 11 is 0. The number of benzene rings is 2. The van der Waals surface area contributed by atoms with E-state index in [4.69, 9.17) is 4.74 Å². The lowest BCUT2D eigenvalue weighted by atomic mass is 10.1. The van der Waals surface area contributed by atoms with Gasteiger partial charge in [-0.05, 0) is 24.0 Å². The van der Waals surface area contributed by atoms with Gasteiger partial charge in [-0.25, -0.2) is 4.79 Å². The minimum absolute atomic E-state index is 0.0695. The van der Waals surface area contributed by atoms with Gasteiger partial charge in [0.05, 0.1) is 0 Å². The van der Waals surface area contributed by atoms with Crippen LogP contribution < -0.4 is 5.32 Å². The van der Waals surface area contributed by atoms with Gasteiger partial charge in [-0.1, -0.05) is 60.7 Å². The average molecular weight is 313 g/mol. The molecule has 0 aliphatic rings. The van der Waals surface area contributed by atoms with Gasteiger partial charge in [0, 0.05) is 0 Å². The fourth-order valence-corrected chi connectivity index (χ4v) is 2.02. The molecule has 0 aliphatic heterocycles. The number of nitrogens with one attached hydrogen (secondary N) is 1. The van der Waals surface area contributed by atoms with E-state index in [1.54, 1.807) is 0 Å². The van der Waals surface area contributed by atoms with E-state index in [1.165, 1.54) is 0 Å².